The number of phenolic OH excluding ortho intramolecular Hbond substituents is 1. The third kappa shape index (κ3) is 1.26. The molecule has 0 atom stereocenters. The normalized spacial score (nSPS) is 18.3. The third-order valence-electron chi connectivity index (χ3n) is 3.04. The molecule has 14 heavy (non-hydrogen) atoms. The summed E-state index contributed by atoms with van der Waals surface area (Å²) in [7, 11) is 0. The average molecular weight is 187 g/mol. The maximum Gasteiger partial charge on any atom is 0.116 e. The Bertz CT molecular complexity index is 379. The molecule has 2 heteroatoms. The Morgan fingerprint density at radius 2 is 2.07 bits per heavy atom. The lowest BCUT2D eigenvalue weighted by atomic mass is 9.65. The van der Waals surface area contributed by atoms with Gasteiger partial charge in [0, 0.05) is 0 Å². The van der Waals surface area contributed by atoms with E-state index in [1.54, 1.807) is 12.1 Å². The van der Waals surface area contributed by atoms with E-state index >= 15 is 0 Å². The third-order valence-corrected chi connectivity index (χ3v) is 3.04. The predicted octanol–water partition coefficient (Wildman–Crippen LogP) is 2.65. The zero-order valence-electron chi connectivity index (χ0n) is 8.25. The van der Waals surface area contributed by atoms with Crippen LogP contribution in [-0.2, 0) is 5.41 Å². The summed E-state index contributed by atoms with van der Waals surface area (Å²) in [4.78, 5) is 0. The number of aryl methyl sites for hydroxylation is 1. The molecule has 1 saturated carbocycles. The Kier molecular flexibility index (Phi) is 1.96. The van der Waals surface area contributed by atoms with Crippen molar-refractivity contribution < 1.29 is 5.11 Å². The number of nitriles is 1. The first kappa shape index (κ1) is 9.08. The van der Waals surface area contributed by atoms with Gasteiger partial charge in [-0.1, -0.05) is 6.07 Å². The second kappa shape index (κ2) is 3.02. The van der Waals surface area contributed by atoms with Gasteiger partial charge in [0.05, 0.1) is 11.5 Å². The number of benzene rings is 1. The maximum atomic E-state index is 9.46. The van der Waals surface area contributed by atoms with Crippen molar-refractivity contribution in [1.82, 2.24) is 0 Å². The van der Waals surface area contributed by atoms with E-state index in [-0.39, 0.29) is 11.2 Å². The molecule has 0 heterocycles. The minimum atomic E-state index is -0.316. The van der Waals surface area contributed by atoms with Crippen LogP contribution >= 0.6 is 0 Å². The fourth-order valence-corrected chi connectivity index (χ4v) is 2.03. The molecular formula is C12H13NO. The molecule has 2 rings (SSSR count). The van der Waals surface area contributed by atoms with Gasteiger partial charge in [-0.15, -0.1) is 0 Å². The first-order chi connectivity index (χ1) is 6.66. The van der Waals surface area contributed by atoms with Crippen LogP contribution in [0.5, 0.6) is 5.75 Å². The minimum Gasteiger partial charge on any atom is -0.508 e. The van der Waals surface area contributed by atoms with Gasteiger partial charge < -0.3 is 5.11 Å². The van der Waals surface area contributed by atoms with E-state index in [9.17, 15) is 5.11 Å². The van der Waals surface area contributed by atoms with E-state index < -0.39 is 0 Å². The summed E-state index contributed by atoms with van der Waals surface area (Å²) < 4.78 is 0. The zero-order chi connectivity index (χ0) is 10.2. The van der Waals surface area contributed by atoms with Crippen LogP contribution in [0.2, 0.25) is 0 Å². The molecule has 1 aromatic rings. The molecule has 1 fully saturated rings. The Balaban J connectivity index is 2.46. The molecule has 0 aliphatic heterocycles. The Morgan fingerprint density at radius 3 is 2.50 bits per heavy atom. The summed E-state index contributed by atoms with van der Waals surface area (Å²) in [5.74, 6) is 0.265. The van der Waals surface area contributed by atoms with Crippen molar-refractivity contribution in [2.75, 3.05) is 0 Å². The standard InChI is InChI=1S/C12H13NO/c1-9-5-10(7-11(14)6-9)12(8-13)3-2-4-12/h5-7,14H,2-4H2,1H3. The van der Waals surface area contributed by atoms with Gasteiger partial charge in [-0.05, 0) is 49.4 Å². The van der Waals surface area contributed by atoms with E-state index in [1.165, 1.54) is 0 Å². The quantitative estimate of drug-likeness (QED) is 0.734. The fraction of sp³-hybridized carbons (Fsp3) is 0.417. The number of nitrogens with zero attached hydrogens (tertiary/aromatic N) is 1. The highest BCUT2D eigenvalue weighted by Gasteiger charge is 2.39. The number of hydrogen-bond donors (Lipinski definition) is 1. The molecule has 0 saturated heterocycles. The van der Waals surface area contributed by atoms with E-state index in [1.807, 2.05) is 13.0 Å². The summed E-state index contributed by atoms with van der Waals surface area (Å²) in [6.45, 7) is 1.94. The van der Waals surface area contributed by atoms with Crippen molar-refractivity contribution in [3.05, 3.63) is 29.3 Å². The summed E-state index contributed by atoms with van der Waals surface area (Å²) in [6, 6.07) is 7.81. The van der Waals surface area contributed by atoms with Crippen molar-refractivity contribution in [2.45, 2.75) is 31.6 Å². The van der Waals surface area contributed by atoms with Crippen molar-refractivity contribution in [3.8, 4) is 11.8 Å². The second-order valence-corrected chi connectivity index (χ2v) is 4.10. The van der Waals surface area contributed by atoms with Crippen molar-refractivity contribution >= 4 is 0 Å². The zero-order valence-corrected chi connectivity index (χ0v) is 8.25. The molecule has 1 N–H and O–H groups in total. The lowest BCUT2D eigenvalue weighted by molar-refractivity contribution is 0.322. The average Bonchev–Trinajstić information content (AvgIpc) is 2.01. The van der Waals surface area contributed by atoms with Gasteiger partial charge in [-0.3, -0.25) is 0 Å². The van der Waals surface area contributed by atoms with Gasteiger partial charge in [0.1, 0.15) is 5.75 Å². The topological polar surface area (TPSA) is 44.0 Å². The first-order valence-electron chi connectivity index (χ1n) is 4.89. The fourth-order valence-electron chi connectivity index (χ4n) is 2.03. The summed E-state index contributed by atoms with van der Waals surface area (Å²) in [5.41, 5.74) is 1.68. The summed E-state index contributed by atoms with van der Waals surface area (Å²) >= 11 is 0. The Hall–Kier alpha value is -1.49. The molecule has 0 bridgehead atoms. The molecule has 1 aliphatic carbocycles. The molecular weight excluding hydrogens is 174 g/mol. The maximum absolute atomic E-state index is 9.46. The van der Waals surface area contributed by atoms with Gasteiger partial charge in [0.25, 0.3) is 0 Å². The molecule has 0 aromatic heterocycles. The van der Waals surface area contributed by atoms with Crippen LogP contribution in [0.3, 0.4) is 0 Å². The van der Waals surface area contributed by atoms with Crippen molar-refractivity contribution in [1.29, 1.82) is 5.26 Å². The Labute approximate surface area is 83.8 Å². The van der Waals surface area contributed by atoms with Crippen LogP contribution in [0.15, 0.2) is 18.2 Å². The van der Waals surface area contributed by atoms with Gasteiger partial charge in [0.15, 0.2) is 0 Å². The monoisotopic (exact) mass is 187 g/mol. The van der Waals surface area contributed by atoms with Crippen LogP contribution in [0.1, 0.15) is 30.4 Å². The SMILES string of the molecule is Cc1cc(O)cc(C2(C#N)CCC2)c1. The molecule has 0 spiro atoms. The van der Waals surface area contributed by atoms with Crippen molar-refractivity contribution in [3.63, 3.8) is 0 Å². The van der Waals surface area contributed by atoms with Crippen molar-refractivity contribution in [2.24, 2.45) is 0 Å². The first-order valence-corrected chi connectivity index (χ1v) is 4.89. The van der Waals surface area contributed by atoms with E-state index in [4.69, 9.17) is 5.26 Å². The number of rotatable bonds is 1. The number of aromatic hydroxyl groups is 1. The smallest absolute Gasteiger partial charge is 0.116 e. The van der Waals surface area contributed by atoms with Crippen LogP contribution in [0.4, 0.5) is 0 Å². The van der Waals surface area contributed by atoms with E-state index in [2.05, 4.69) is 6.07 Å². The molecule has 2 nitrogen and oxygen atoms in total. The lowest BCUT2D eigenvalue weighted by Gasteiger charge is -2.35. The number of phenols is 1. The summed E-state index contributed by atoms with van der Waals surface area (Å²) in [5, 5.41) is 18.6. The Morgan fingerprint density at radius 1 is 1.36 bits per heavy atom. The highest BCUT2D eigenvalue weighted by atomic mass is 16.3. The van der Waals surface area contributed by atoms with Crippen LogP contribution in [0.25, 0.3) is 0 Å². The van der Waals surface area contributed by atoms with Gasteiger partial charge in [-0.2, -0.15) is 5.26 Å². The second-order valence-electron chi connectivity index (χ2n) is 4.10. The highest BCUT2D eigenvalue weighted by molar-refractivity contribution is 5.42. The van der Waals surface area contributed by atoms with E-state index in [0.717, 1.165) is 30.4 Å². The van der Waals surface area contributed by atoms with Gasteiger partial charge in [0.2, 0.25) is 0 Å². The molecule has 1 aliphatic rings. The minimum absolute atomic E-state index is 0.265. The largest absolute Gasteiger partial charge is 0.508 e. The molecule has 0 unspecified atom stereocenters. The van der Waals surface area contributed by atoms with Gasteiger partial charge in [-0.25, -0.2) is 0 Å². The molecule has 1 aromatic carbocycles. The number of hydrogen-bond acceptors (Lipinski definition) is 2. The van der Waals surface area contributed by atoms with Gasteiger partial charge >= 0.3 is 0 Å². The van der Waals surface area contributed by atoms with Crippen LogP contribution in [0, 0.1) is 18.3 Å². The van der Waals surface area contributed by atoms with Crippen LogP contribution in [-0.4, -0.2) is 5.11 Å². The lowest BCUT2D eigenvalue weighted by Crippen LogP contribution is -2.32. The van der Waals surface area contributed by atoms with Crippen LogP contribution < -0.4 is 0 Å². The van der Waals surface area contributed by atoms with E-state index in [0.29, 0.717) is 0 Å². The molecule has 0 amide bonds. The molecule has 72 valence electrons. The highest BCUT2D eigenvalue weighted by Crippen LogP contribution is 2.44. The predicted molar refractivity (Wildman–Crippen MR) is 54.0 cm³/mol. The summed E-state index contributed by atoms with van der Waals surface area (Å²) in [6.07, 6.45) is 2.96. The molecule has 0 radical (unpaired) electrons.